The first-order valence-electron chi connectivity index (χ1n) is 10.2. The molecule has 2 fully saturated rings. The summed E-state index contributed by atoms with van der Waals surface area (Å²) >= 11 is 0. The minimum Gasteiger partial charge on any atom is -0.497 e. The molecule has 3 atom stereocenters. The average Bonchev–Trinajstić information content (AvgIpc) is 2.73. The number of aliphatic hydroxyl groups is 1. The number of ether oxygens (including phenoxy) is 2. The van der Waals surface area contributed by atoms with Crippen molar-refractivity contribution in [3.05, 3.63) is 29.8 Å². The van der Waals surface area contributed by atoms with Crippen molar-refractivity contribution < 1.29 is 19.4 Å². The second-order valence-electron chi connectivity index (χ2n) is 7.82. The van der Waals surface area contributed by atoms with Gasteiger partial charge < -0.3 is 29.7 Å². The van der Waals surface area contributed by atoms with Crippen LogP contribution in [0.2, 0.25) is 0 Å². The van der Waals surface area contributed by atoms with Crippen LogP contribution in [0.5, 0.6) is 5.75 Å². The number of likely N-dealkylation sites (N-methyl/N-ethyl adjacent to an activating group) is 1. The molecule has 7 nitrogen and oxygen atoms in total. The number of nitrogens with zero attached hydrogens (tertiary/aromatic N) is 2. The standard InChI is InChI=1S/C21H33N3O4/c1-23-11-13-24(14-12-23)10-9-18-7-8-19(25)20(28-18)21(26)22-15-16-3-5-17(27-2)6-4-16/h3-6,18-20,25H,7-15H2,1-2H3,(H,22,26)/t18-,19-,20-/m0/s1. The van der Waals surface area contributed by atoms with Crippen LogP contribution in [0.25, 0.3) is 0 Å². The van der Waals surface area contributed by atoms with Crippen LogP contribution in [0, 0.1) is 0 Å². The maximum Gasteiger partial charge on any atom is 0.252 e. The highest BCUT2D eigenvalue weighted by molar-refractivity contribution is 5.81. The Hall–Kier alpha value is -1.67. The quantitative estimate of drug-likeness (QED) is 0.718. The van der Waals surface area contributed by atoms with Crippen molar-refractivity contribution in [2.45, 2.75) is 44.1 Å². The number of nitrogens with one attached hydrogen (secondary N) is 1. The largest absolute Gasteiger partial charge is 0.497 e. The monoisotopic (exact) mass is 391 g/mol. The molecule has 156 valence electrons. The van der Waals surface area contributed by atoms with E-state index in [0.29, 0.717) is 13.0 Å². The van der Waals surface area contributed by atoms with E-state index >= 15 is 0 Å². The van der Waals surface area contributed by atoms with Gasteiger partial charge >= 0.3 is 0 Å². The molecule has 0 unspecified atom stereocenters. The predicted molar refractivity (Wildman–Crippen MR) is 107 cm³/mol. The van der Waals surface area contributed by atoms with E-state index in [1.165, 1.54) is 0 Å². The molecule has 2 aliphatic heterocycles. The van der Waals surface area contributed by atoms with Gasteiger partial charge in [0.15, 0.2) is 6.10 Å². The molecule has 0 saturated carbocycles. The van der Waals surface area contributed by atoms with Gasteiger partial charge in [-0.25, -0.2) is 0 Å². The van der Waals surface area contributed by atoms with E-state index in [1.807, 2.05) is 24.3 Å². The number of methoxy groups -OCH3 is 1. The van der Waals surface area contributed by atoms with E-state index in [9.17, 15) is 9.90 Å². The van der Waals surface area contributed by atoms with Gasteiger partial charge in [0.1, 0.15) is 5.75 Å². The van der Waals surface area contributed by atoms with Gasteiger partial charge in [0.2, 0.25) is 0 Å². The van der Waals surface area contributed by atoms with Crippen LogP contribution in [-0.2, 0) is 16.1 Å². The zero-order valence-corrected chi connectivity index (χ0v) is 17.0. The Morgan fingerprint density at radius 2 is 1.93 bits per heavy atom. The summed E-state index contributed by atoms with van der Waals surface area (Å²) in [7, 11) is 3.77. The third-order valence-electron chi connectivity index (χ3n) is 5.72. The first-order chi connectivity index (χ1) is 13.5. The summed E-state index contributed by atoms with van der Waals surface area (Å²) in [6, 6.07) is 7.55. The molecule has 1 aromatic rings. The van der Waals surface area contributed by atoms with Crippen LogP contribution in [0.1, 0.15) is 24.8 Å². The van der Waals surface area contributed by atoms with Gasteiger partial charge in [-0.2, -0.15) is 0 Å². The average molecular weight is 392 g/mol. The fraction of sp³-hybridized carbons (Fsp3) is 0.667. The molecule has 0 aliphatic carbocycles. The van der Waals surface area contributed by atoms with E-state index < -0.39 is 12.2 Å². The van der Waals surface area contributed by atoms with Crippen LogP contribution in [-0.4, -0.2) is 86.0 Å². The molecule has 28 heavy (non-hydrogen) atoms. The molecule has 0 radical (unpaired) electrons. The van der Waals surface area contributed by atoms with Crippen LogP contribution >= 0.6 is 0 Å². The Labute approximate surface area is 167 Å². The lowest BCUT2D eigenvalue weighted by molar-refractivity contribution is -0.158. The van der Waals surface area contributed by atoms with Crippen LogP contribution in [0.15, 0.2) is 24.3 Å². The molecule has 2 aliphatic rings. The van der Waals surface area contributed by atoms with Crippen molar-refractivity contribution in [2.75, 3.05) is 46.9 Å². The highest BCUT2D eigenvalue weighted by Gasteiger charge is 2.35. The first-order valence-corrected chi connectivity index (χ1v) is 10.2. The number of hydrogen-bond acceptors (Lipinski definition) is 6. The summed E-state index contributed by atoms with van der Waals surface area (Å²) in [6.45, 7) is 5.74. The normalized spacial score (nSPS) is 26.8. The van der Waals surface area contributed by atoms with E-state index in [-0.39, 0.29) is 12.0 Å². The number of piperazine rings is 1. The maximum atomic E-state index is 12.6. The Balaban J connectivity index is 1.44. The third-order valence-corrected chi connectivity index (χ3v) is 5.72. The van der Waals surface area contributed by atoms with Crippen LogP contribution in [0.4, 0.5) is 0 Å². The summed E-state index contributed by atoms with van der Waals surface area (Å²) in [5.74, 6) is 0.539. The van der Waals surface area contributed by atoms with Crippen molar-refractivity contribution in [3.8, 4) is 5.75 Å². The second kappa shape index (κ2) is 10.2. The lowest BCUT2D eigenvalue weighted by atomic mass is 9.98. The number of benzene rings is 1. The van der Waals surface area contributed by atoms with Crippen LogP contribution < -0.4 is 10.1 Å². The van der Waals surface area contributed by atoms with Crippen LogP contribution in [0.3, 0.4) is 0 Å². The highest BCUT2D eigenvalue weighted by atomic mass is 16.5. The molecule has 7 heteroatoms. The Morgan fingerprint density at radius 1 is 1.21 bits per heavy atom. The molecular weight excluding hydrogens is 358 g/mol. The lowest BCUT2D eigenvalue weighted by Crippen LogP contribution is -2.50. The number of carbonyl (C=O) groups is 1. The Bertz CT molecular complexity index is 617. The molecule has 2 N–H and O–H groups in total. The Morgan fingerprint density at radius 3 is 2.61 bits per heavy atom. The van der Waals surface area contributed by atoms with Gasteiger partial charge in [-0.15, -0.1) is 0 Å². The SMILES string of the molecule is COc1ccc(CNC(=O)[C@H]2O[C@H](CCN3CCN(C)CC3)CC[C@@H]2O)cc1. The van der Waals surface area contributed by atoms with Crippen molar-refractivity contribution in [1.29, 1.82) is 0 Å². The highest BCUT2D eigenvalue weighted by Crippen LogP contribution is 2.23. The molecule has 0 aromatic heterocycles. The topological polar surface area (TPSA) is 74.3 Å². The summed E-state index contributed by atoms with van der Waals surface area (Å²) < 4.78 is 11.1. The van der Waals surface area contributed by atoms with E-state index in [0.717, 1.165) is 56.9 Å². The maximum absolute atomic E-state index is 12.6. The lowest BCUT2D eigenvalue weighted by Gasteiger charge is -2.36. The molecule has 1 aromatic carbocycles. The molecule has 2 heterocycles. The zero-order chi connectivity index (χ0) is 19.9. The number of rotatable bonds is 7. The molecule has 0 bridgehead atoms. The van der Waals surface area contributed by atoms with Crippen molar-refractivity contribution in [1.82, 2.24) is 15.1 Å². The fourth-order valence-electron chi connectivity index (χ4n) is 3.75. The molecule has 1 amide bonds. The Kier molecular flexibility index (Phi) is 7.67. The second-order valence-corrected chi connectivity index (χ2v) is 7.82. The summed E-state index contributed by atoms with van der Waals surface area (Å²) in [5, 5.41) is 13.1. The predicted octanol–water partition coefficient (Wildman–Crippen LogP) is 0.857. The minimum absolute atomic E-state index is 0.0276. The van der Waals surface area contributed by atoms with Crippen molar-refractivity contribution in [2.24, 2.45) is 0 Å². The number of amides is 1. The smallest absolute Gasteiger partial charge is 0.252 e. The minimum atomic E-state index is -0.788. The van der Waals surface area contributed by atoms with Crippen molar-refractivity contribution >= 4 is 5.91 Å². The number of aliphatic hydroxyl groups excluding tert-OH is 1. The summed E-state index contributed by atoms with van der Waals surface area (Å²) in [6.07, 6.45) is 0.809. The molecular formula is C21H33N3O4. The van der Waals surface area contributed by atoms with E-state index in [1.54, 1.807) is 7.11 Å². The van der Waals surface area contributed by atoms with Gasteiger partial charge in [-0.1, -0.05) is 12.1 Å². The van der Waals surface area contributed by atoms with Gasteiger partial charge in [-0.05, 0) is 44.0 Å². The number of carbonyl (C=O) groups excluding carboxylic acids is 1. The molecule has 0 spiro atoms. The fourth-order valence-corrected chi connectivity index (χ4v) is 3.75. The zero-order valence-electron chi connectivity index (χ0n) is 17.0. The first kappa shape index (κ1) is 21.0. The molecule has 3 rings (SSSR count). The third kappa shape index (κ3) is 5.91. The summed E-state index contributed by atoms with van der Waals surface area (Å²) in [4.78, 5) is 17.3. The molecule has 2 saturated heterocycles. The van der Waals surface area contributed by atoms with Gasteiger partial charge in [0.25, 0.3) is 5.91 Å². The summed E-state index contributed by atoms with van der Waals surface area (Å²) in [5.41, 5.74) is 0.978. The van der Waals surface area contributed by atoms with Gasteiger partial charge in [0.05, 0.1) is 19.3 Å². The van der Waals surface area contributed by atoms with Gasteiger partial charge in [-0.3, -0.25) is 4.79 Å². The van der Waals surface area contributed by atoms with E-state index in [4.69, 9.17) is 9.47 Å². The van der Waals surface area contributed by atoms with Crippen molar-refractivity contribution in [3.63, 3.8) is 0 Å². The van der Waals surface area contributed by atoms with E-state index in [2.05, 4.69) is 22.2 Å². The van der Waals surface area contributed by atoms with Gasteiger partial charge in [0, 0.05) is 39.3 Å². The number of hydrogen-bond donors (Lipinski definition) is 2.